The number of hydrogen-bond acceptors (Lipinski definition) is 5. The maximum absolute atomic E-state index is 11.9. The second kappa shape index (κ2) is 4.70. The fourth-order valence-corrected chi connectivity index (χ4v) is 4.16. The predicted molar refractivity (Wildman–Crippen MR) is 101 cm³/mol. The van der Waals surface area contributed by atoms with E-state index >= 15 is 0 Å². The molecule has 0 amide bonds. The van der Waals surface area contributed by atoms with Crippen molar-refractivity contribution in [2.24, 2.45) is 0 Å². The predicted octanol–water partition coefficient (Wildman–Crippen LogP) is 3.74. The summed E-state index contributed by atoms with van der Waals surface area (Å²) in [5, 5.41) is 26.1. The SMILES string of the molecule is O=C(O)[C@@H]1Cc2cnc3ccc4oc5[nH]c6ccc(O)cc6c5c(c4c23)N1. The van der Waals surface area contributed by atoms with Crippen LogP contribution in [0.1, 0.15) is 5.56 Å². The molecule has 0 fully saturated rings. The van der Waals surface area contributed by atoms with E-state index < -0.39 is 12.0 Å². The third kappa shape index (κ3) is 1.80. The molecule has 5 aromatic rings. The van der Waals surface area contributed by atoms with Crippen LogP contribution in [0, 0.1) is 0 Å². The zero-order valence-corrected chi connectivity index (χ0v) is 13.9. The molecule has 1 aliphatic rings. The first-order valence-corrected chi connectivity index (χ1v) is 8.57. The van der Waals surface area contributed by atoms with Gasteiger partial charge in [0.15, 0.2) is 0 Å². The molecule has 7 nitrogen and oxygen atoms in total. The van der Waals surface area contributed by atoms with E-state index in [9.17, 15) is 15.0 Å². The van der Waals surface area contributed by atoms with Gasteiger partial charge in [-0.15, -0.1) is 0 Å². The second-order valence-electron chi connectivity index (χ2n) is 6.89. The van der Waals surface area contributed by atoms with E-state index in [0.29, 0.717) is 23.4 Å². The quantitative estimate of drug-likeness (QED) is 0.363. The number of nitrogens with zero attached hydrogens (tertiary/aromatic N) is 1. The second-order valence-corrected chi connectivity index (χ2v) is 6.89. The highest BCUT2D eigenvalue weighted by atomic mass is 16.4. The minimum absolute atomic E-state index is 0.132. The number of aromatic amines is 1. The summed E-state index contributed by atoms with van der Waals surface area (Å²) < 4.78 is 6.12. The molecule has 0 saturated heterocycles. The molecule has 0 bridgehead atoms. The van der Waals surface area contributed by atoms with Crippen molar-refractivity contribution < 1.29 is 19.4 Å². The number of carbonyl (C=O) groups is 1. The molecule has 6 rings (SSSR count). The number of H-pyrrole nitrogens is 1. The van der Waals surface area contributed by atoms with E-state index in [2.05, 4.69) is 15.3 Å². The molecule has 0 spiro atoms. The first-order valence-electron chi connectivity index (χ1n) is 8.57. The summed E-state index contributed by atoms with van der Waals surface area (Å²) in [5.74, 6) is -0.796. The number of rotatable bonds is 1. The Hall–Kier alpha value is -3.74. The van der Waals surface area contributed by atoms with Gasteiger partial charge in [0.25, 0.3) is 0 Å². The standard InChI is InChI=1S/C20H13N3O4/c24-9-1-2-11-10(6-9)16-18-17-14(27-19(16)23-11)4-3-12-15(17)8(7-21-12)5-13(22-18)20(25)26/h1-4,6-7,13,22-24H,5H2,(H,25,26)/t13-/m0/s1. The van der Waals surface area contributed by atoms with Crippen LogP contribution in [-0.4, -0.2) is 32.2 Å². The lowest BCUT2D eigenvalue weighted by atomic mass is 10.0. The fourth-order valence-electron chi connectivity index (χ4n) is 4.16. The summed E-state index contributed by atoms with van der Waals surface area (Å²) in [6, 6.07) is 7.96. The first kappa shape index (κ1) is 14.4. The Morgan fingerprint density at radius 2 is 2.07 bits per heavy atom. The molecule has 4 N–H and O–H groups in total. The molecule has 0 saturated carbocycles. The number of phenols is 1. The van der Waals surface area contributed by atoms with Crippen LogP contribution in [0.5, 0.6) is 5.75 Å². The highest BCUT2D eigenvalue weighted by molar-refractivity contribution is 6.24. The van der Waals surface area contributed by atoms with Crippen molar-refractivity contribution in [1.82, 2.24) is 9.97 Å². The van der Waals surface area contributed by atoms with Crippen LogP contribution in [-0.2, 0) is 11.2 Å². The van der Waals surface area contributed by atoms with Gasteiger partial charge in [0.05, 0.1) is 22.0 Å². The molecule has 2 aromatic carbocycles. The summed E-state index contributed by atoms with van der Waals surface area (Å²) in [6.45, 7) is 0. The van der Waals surface area contributed by atoms with Gasteiger partial charge in [0, 0.05) is 28.9 Å². The van der Waals surface area contributed by atoms with E-state index in [1.807, 2.05) is 12.1 Å². The van der Waals surface area contributed by atoms with Crippen LogP contribution in [0.2, 0.25) is 0 Å². The van der Waals surface area contributed by atoms with Gasteiger partial charge in [-0.25, -0.2) is 4.79 Å². The molecule has 0 aliphatic carbocycles. The van der Waals surface area contributed by atoms with Crippen molar-refractivity contribution in [3.05, 3.63) is 42.1 Å². The average Bonchev–Trinajstić information content (AvgIpc) is 3.16. The lowest BCUT2D eigenvalue weighted by Gasteiger charge is -2.15. The van der Waals surface area contributed by atoms with Crippen molar-refractivity contribution in [3.8, 4) is 5.75 Å². The number of nitrogens with one attached hydrogen (secondary N) is 2. The number of carboxylic acid groups (broad SMARTS) is 1. The van der Waals surface area contributed by atoms with E-state index in [1.54, 1.807) is 24.4 Å². The van der Waals surface area contributed by atoms with E-state index in [0.717, 1.165) is 38.1 Å². The molecule has 132 valence electrons. The van der Waals surface area contributed by atoms with Gasteiger partial charge in [0.1, 0.15) is 17.4 Å². The third-order valence-corrected chi connectivity index (χ3v) is 5.33. The Morgan fingerprint density at radius 1 is 1.19 bits per heavy atom. The Kier molecular flexibility index (Phi) is 2.51. The van der Waals surface area contributed by atoms with Crippen molar-refractivity contribution in [2.45, 2.75) is 12.5 Å². The van der Waals surface area contributed by atoms with Crippen LogP contribution in [0.25, 0.3) is 43.9 Å². The van der Waals surface area contributed by atoms with Crippen molar-refractivity contribution in [1.29, 1.82) is 0 Å². The van der Waals surface area contributed by atoms with E-state index in [1.165, 1.54) is 0 Å². The molecule has 0 unspecified atom stereocenters. The Balaban J connectivity index is 1.89. The average molecular weight is 359 g/mol. The molecular weight excluding hydrogens is 346 g/mol. The highest BCUT2D eigenvalue weighted by Crippen LogP contribution is 2.44. The molecule has 0 radical (unpaired) electrons. The van der Waals surface area contributed by atoms with Crippen molar-refractivity contribution in [2.75, 3.05) is 5.32 Å². The number of aliphatic carboxylic acids is 1. The number of anilines is 1. The zero-order chi connectivity index (χ0) is 18.3. The normalized spacial score (nSPS) is 16.4. The number of carboxylic acids is 1. The van der Waals surface area contributed by atoms with E-state index in [-0.39, 0.29) is 5.75 Å². The number of aromatic hydroxyl groups is 1. The summed E-state index contributed by atoms with van der Waals surface area (Å²) >= 11 is 0. The van der Waals surface area contributed by atoms with Crippen LogP contribution in [0.4, 0.5) is 5.69 Å². The molecule has 4 heterocycles. The van der Waals surface area contributed by atoms with E-state index in [4.69, 9.17) is 4.42 Å². The molecule has 3 aromatic heterocycles. The summed E-state index contributed by atoms with van der Waals surface area (Å²) in [6.07, 6.45) is 2.07. The number of phenolic OH excluding ortho intramolecular Hbond substituents is 1. The number of aromatic nitrogens is 2. The van der Waals surface area contributed by atoms with Gasteiger partial charge < -0.3 is 24.9 Å². The third-order valence-electron chi connectivity index (χ3n) is 5.33. The maximum atomic E-state index is 11.9. The monoisotopic (exact) mass is 359 g/mol. The lowest BCUT2D eigenvalue weighted by molar-refractivity contribution is -0.137. The lowest BCUT2D eigenvalue weighted by Crippen LogP contribution is -2.30. The fraction of sp³-hybridized carbons (Fsp3) is 0.100. The van der Waals surface area contributed by atoms with Crippen LogP contribution in [0.3, 0.4) is 0 Å². The number of hydrogen-bond donors (Lipinski definition) is 4. The topological polar surface area (TPSA) is 111 Å². The minimum atomic E-state index is -0.929. The molecule has 1 atom stereocenters. The molecule has 1 aliphatic heterocycles. The zero-order valence-electron chi connectivity index (χ0n) is 13.9. The van der Waals surface area contributed by atoms with Crippen LogP contribution in [0.15, 0.2) is 40.9 Å². The van der Waals surface area contributed by atoms with Crippen LogP contribution >= 0.6 is 0 Å². The van der Waals surface area contributed by atoms with Gasteiger partial charge >= 0.3 is 5.97 Å². The molecule has 27 heavy (non-hydrogen) atoms. The van der Waals surface area contributed by atoms with Gasteiger partial charge in [-0.3, -0.25) is 4.98 Å². The summed E-state index contributed by atoms with van der Waals surface area (Å²) in [7, 11) is 0. The van der Waals surface area contributed by atoms with Gasteiger partial charge in [-0.2, -0.15) is 0 Å². The summed E-state index contributed by atoms with van der Waals surface area (Å²) in [4.78, 5) is 19.5. The number of fused-ring (bicyclic) bond motifs is 4. The Bertz CT molecular complexity index is 1430. The van der Waals surface area contributed by atoms with Crippen LogP contribution < -0.4 is 5.32 Å². The van der Waals surface area contributed by atoms with Crippen molar-refractivity contribution in [3.63, 3.8) is 0 Å². The van der Waals surface area contributed by atoms with Gasteiger partial charge in [-0.1, -0.05) is 0 Å². The molecular formula is C20H13N3O4. The van der Waals surface area contributed by atoms with Gasteiger partial charge in [-0.05, 0) is 35.9 Å². The Labute approximate surface area is 151 Å². The molecule has 7 heteroatoms. The van der Waals surface area contributed by atoms with Crippen molar-refractivity contribution >= 4 is 55.5 Å². The minimum Gasteiger partial charge on any atom is -0.508 e. The largest absolute Gasteiger partial charge is 0.508 e. The summed E-state index contributed by atoms with van der Waals surface area (Å²) in [5.41, 5.74) is 4.35. The number of benzene rings is 2. The maximum Gasteiger partial charge on any atom is 0.326 e. The smallest absolute Gasteiger partial charge is 0.326 e. The van der Waals surface area contributed by atoms with Gasteiger partial charge in [0.2, 0.25) is 5.71 Å². The highest BCUT2D eigenvalue weighted by Gasteiger charge is 2.29. The Morgan fingerprint density at radius 3 is 2.93 bits per heavy atom. The first-order chi connectivity index (χ1) is 13.1.